The van der Waals surface area contributed by atoms with Crippen molar-refractivity contribution in [3.8, 4) is 0 Å². The number of nitrogens with one attached hydrogen (secondary N) is 2. The first-order valence-electron chi connectivity index (χ1n) is 7.48. The van der Waals surface area contributed by atoms with Crippen LogP contribution in [-0.4, -0.2) is 48.0 Å². The zero-order valence-electron chi connectivity index (χ0n) is 13.6. The molecule has 0 aromatic carbocycles. The minimum Gasteiger partial charge on any atom is -0.351 e. The molecule has 2 rings (SSSR count). The van der Waals surface area contributed by atoms with E-state index < -0.39 is 22.3 Å². The average molecular weight is 341 g/mol. The maximum Gasteiger partial charge on any atom is 0.280 e. The molecule has 0 aliphatic carbocycles. The number of likely N-dealkylation sites (N-methyl/N-ethyl adjacent to an activating group) is 1. The smallest absolute Gasteiger partial charge is 0.280 e. The van der Waals surface area contributed by atoms with Gasteiger partial charge >= 0.3 is 0 Å². The second-order valence-corrected chi connectivity index (χ2v) is 7.26. The topological polar surface area (TPSA) is 96.3 Å². The van der Waals surface area contributed by atoms with Gasteiger partial charge in [0, 0.05) is 31.9 Å². The van der Waals surface area contributed by atoms with Crippen LogP contribution in [-0.2, 0) is 21.5 Å². The first-order chi connectivity index (χ1) is 10.8. The summed E-state index contributed by atoms with van der Waals surface area (Å²) in [4.78, 5) is 12.3. The van der Waals surface area contributed by atoms with Crippen molar-refractivity contribution in [3.63, 3.8) is 0 Å². The maximum absolute atomic E-state index is 12.3. The van der Waals surface area contributed by atoms with E-state index in [-0.39, 0.29) is 5.91 Å². The summed E-state index contributed by atoms with van der Waals surface area (Å²) in [6, 6.07) is -1.24. The molecule has 2 atom stereocenters. The Balaban J connectivity index is 2.30. The summed E-state index contributed by atoms with van der Waals surface area (Å²) in [6.45, 7) is 8.33. The van der Waals surface area contributed by atoms with Gasteiger partial charge in [0.2, 0.25) is 5.91 Å². The van der Waals surface area contributed by atoms with Gasteiger partial charge < -0.3 is 5.32 Å². The number of carbonyl (C=O) groups excluding carboxylic acids is 1. The molecule has 0 spiro atoms. The molecule has 0 bridgehead atoms. The first kappa shape index (κ1) is 17.6. The van der Waals surface area contributed by atoms with Crippen LogP contribution in [0.25, 0.3) is 0 Å². The van der Waals surface area contributed by atoms with Crippen LogP contribution in [0.1, 0.15) is 30.6 Å². The number of nitrogens with zero attached hydrogens (tertiary/aromatic N) is 3. The quantitative estimate of drug-likeness (QED) is 0.742. The predicted molar refractivity (Wildman–Crippen MR) is 86.8 cm³/mol. The highest BCUT2D eigenvalue weighted by Gasteiger charge is 2.41. The van der Waals surface area contributed by atoms with Gasteiger partial charge in [0.1, 0.15) is 6.04 Å². The second-order valence-electron chi connectivity index (χ2n) is 5.50. The molecule has 9 heteroatoms. The molecule has 1 saturated heterocycles. The fraction of sp³-hybridized carbons (Fsp3) is 0.571. The van der Waals surface area contributed by atoms with Crippen molar-refractivity contribution >= 4 is 16.1 Å². The molecule has 1 aliphatic rings. The predicted octanol–water partition coefficient (Wildman–Crippen LogP) is 0.0932. The Labute approximate surface area is 136 Å². The van der Waals surface area contributed by atoms with Gasteiger partial charge in [-0.3, -0.25) is 9.48 Å². The van der Waals surface area contributed by atoms with E-state index in [2.05, 4.69) is 21.7 Å². The molecule has 0 unspecified atom stereocenters. The summed E-state index contributed by atoms with van der Waals surface area (Å²) >= 11 is 0. The van der Waals surface area contributed by atoms with Crippen molar-refractivity contribution in [2.45, 2.75) is 38.9 Å². The number of amides is 1. The molecule has 1 aromatic rings. The summed E-state index contributed by atoms with van der Waals surface area (Å²) in [5.41, 5.74) is 1.55. The maximum atomic E-state index is 12.3. The van der Waals surface area contributed by atoms with Gasteiger partial charge in [-0.1, -0.05) is 6.08 Å². The third kappa shape index (κ3) is 3.62. The normalized spacial score (nSPS) is 24.3. The summed E-state index contributed by atoms with van der Waals surface area (Å²) in [5, 5.41) is 7.01. The molecule has 0 radical (unpaired) electrons. The minimum atomic E-state index is -3.73. The highest BCUT2D eigenvalue weighted by Crippen LogP contribution is 2.29. The number of hydrogen-bond donors (Lipinski definition) is 2. The van der Waals surface area contributed by atoms with Crippen LogP contribution in [0.3, 0.4) is 0 Å². The lowest BCUT2D eigenvalue weighted by atomic mass is 10.00. The van der Waals surface area contributed by atoms with Gasteiger partial charge in [0.15, 0.2) is 0 Å². The Bertz CT molecular complexity index is 697. The third-order valence-corrected chi connectivity index (χ3v) is 5.57. The SMILES string of the molecule is C=CCNC(=O)[C@@H]1C[C@H](c2cn(CC)nc2C)NS(=O)(=O)N1C. The highest BCUT2D eigenvalue weighted by atomic mass is 32.2. The molecular formula is C14H23N5O3S. The number of hydrogen-bond acceptors (Lipinski definition) is 4. The monoisotopic (exact) mass is 341 g/mol. The van der Waals surface area contributed by atoms with E-state index in [0.29, 0.717) is 19.5 Å². The van der Waals surface area contributed by atoms with Gasteiger partial charge in [-0.25, -0.2) is 0 Å². The van der Waals surface area contributed by atoms with Gasteiger partial charge in [-0.05, 0) is 20.3 Å². The highest BCUT2D eigenvalue weighted by molar-refractivity contribution is 7.87. The van der Waals surface area contributed by atoms with E-state index in [9.17, 15) is 13.2 Å². The van der Waals surface area contributed by atoms with Crippen LogP contribution < -0.4 is 10.0 Å². The van der Waals surface area contributed by atoms with Crippen LogP contribution in [0.4, 0.5) is 0 Å². The molecule has 23 heavy (non-hydrogen) atoms. The van der Waals surface area contributed by atoms with Crippen molar-refractivity contribution in [2.24, 2.45) is 0 Å². The molecule has 128 valence electrons. The molecule has 1 aromatic heterocycles. The fourth-order valence-electron chi connectivity index (χ4n) is 2.64. The van der Waals surface area contributed by atoms with Crippen LogP contribution in [0, 0.1) is 6.92 Å². The van der Waals surface area contributed by atoms with Crippen molar-refractivity contribution in [2.75, 3.05) is 13.6 Å². The van der Waals surface area contributed by atoms with E-state index in [4.69, 9.17) is 0 Å². The average Bonchev–Trinajstić information content (AvgIpc) is 2.88. The third-order valence-electron chi connectivity index (χ3n) is 3.98. The van der Waals surface area contributed by atoms with Gasteiger partial charge in [-0.15, -0.1) is 6.58 Å². The summed E-state index contributed by atoms with van der Waals surface area (Å²) in [7, 11) is -2.33. The van der Waals surface area contributed by atoms with E-state index >= 15 is 0 Å². The number of rotatable bonds is 5. The molecule has 1 aliphatic heterocycles. The summed E-state index contributed by atoms with van der Waals surface area (Å²) < 4.78 is 30.1. The number of aromatic nitrogens is 2. The first-order valence-corrected chi connectivity index (χ1v) is 8.92. The van der Waals surface area contributed by atoms with Gasteiger partial charge in [-0.2, -0.15) is 22.5 Å². The van der Waals surface area contributed by atoms with Crippen molar-refractivity contribution in [1.82, 2.24) is 24.1 Å². The molecule has 0 saturated carbocycles. The van der Waals surface area contributed by atoms with Gasteiger partial charge in [0.05, 0.1) is 11.7 Å². The van der Waals surface area contributed by atoms with E-state index in [0.717, 1.165) is 15.6 Å². The van der Waals surface area contributed by atoms with Gasteiger partial charge in [0.25, 0.3) is 10.2 Å². The largest absolute Gasteiger partial charge is 0.351 e. The Hall–Kier alpha value is -1.71. The molecular weight excluding hydrogens is 318 g/mol. The van der Waals surface area contributed by atoms with E-state index in [1.165, 1.54) is 7.05 Å². The van der Waals surface area contributed by atoms with Crippen LogP contribution in [0.15, 0.2) is 18.9 Å². The zero-order valence-corrected chi connectivity index (χ0v) is 14.4. The summed E-state index contributed by atoms with van der Waals surface area (Å²) in [6.07, 6.45) is 3.72. The Morgan fingerprint density at radius 1 is 1.61 bits per heavy atom. The molecule has 1 fully saturated rings. The molecule has 2 N–H and O–H groups in total. The lowest BCUT2D eigenvalue weighted by molar-refractivity contribution is -0.125. The Morgan fingerprint density at radius 2 is 2.30 bits per heavy atom. The second kappa shape index (κ2) is 6.81. The van der Waals surface area contributed by atoms with Crippen molar-refractivity contribution < 1.29 is 13.2 Å². The Morgan fingerprint density at radius 3 is 2.87 bits per heavy atom. The van der Waals surface area contributed by atoms with E-state index in [1.54, 1.807) is 10.8 Å². The van der Waals surface area contributed by atoms with Crippen LogP contribution >= 0.6 is 0 Å². The van der Waals surface area contributed by atoms with Crippen molar-refractivity contribution in [1.29, 1.82) is 0 Å². The lowest BCUT2D eigenvalue weighted by Gasteiger charge is -2.35. The molecule has 8 nitrogen and oxygen atoms in total. The zero-order chi connectivity index (χ0) is 17.2. The van der Waals surface area contributed by atoms with Crippen molar-refractivity contribution in [3.05, 3.63) is 30.1 Å². The fourth-order valence-corrected chi connectivity index (χ4v) is 3.91. The van der Waals surface area contributed by atoms with E-state index in [1.807, 2.05) is 20.0 Å². The number of carbonyl (C=O) groups is 1. The molecule has 2 heterocycles. The van der Waals surface area contributed by atoms with Crippen LogP contribution in [0.2, 0.25) is 0 Å². The standard InChI is InChI=1S/C14H23N5O3S/c1-5-7-15-14(20)13-8-12(17-23(21,22)18(13)4)11-9-19(6-2)16-10(11)3/h5,9,12-13,17H,1,6-8H2,2-4H3,(H,15,20)/t12-,13+/m1/s1. The minimum absolute atomic E-state index is 0.300. The molecule has 1 amide bonds. The van der Waals surface area contributed by atoms with Crippen LogP contribution in [0.5, 0.6) is 0 Å². The lowest BCUT2D eigenvalue weighted by Crippen LogP contribution is -2.57. The Kier molecular flexibility index (Phi) is 5.23. The summed E-state index contributed by atoms with van der Waals surface area (Å²) in [5.74, 6) is -0.331. The number of aryl methyl sites for hydroxylation is 2.